The van der Waals surface area contributed by atoms with E-state index in [0.29, 0.717) is 16.9 Å². The van der Waals surface area contributed by atoms with Gasteiger partial charge in [0.05, 0.1) is 16.9 Å². The highest BCUT2D eigenvalue weighted by Crippen LogP contribution is 2.22. The molecule has 128 valence electrons. The molecule has 1 saturated heterocycles. The van der Waals surface area contributed by atoms with Crippen molar-refractivity contribution in [2.45, 2.75) is 6.92 Å². The van der Waals surface area contributed by atoms with Crippen LogP contribution in [0.15, 0.2) is 53.5 Å². The number of nitrogens with one attached hydrogen (secondary N) is 1. The second-order valence-corrected chi connectivity index (χ2v) is 5.69. The molecule has 3 rings (SSSR count). The van der Waals surface area contributed by atoms with Crippen molar-refractivity contribution in [3.8, 4) is 6.07 Å². The molecule has 1 fully saturated rings. The summed E-state index contributed by atoms with van der Waals surface area (Å²) in [6.45, 7) is 1.83. The molecule has 4 amide bonds. The number of urea groups is 1. The summed E-state index contributed by atoms with van der Waals surface area (Å²) >= 11 is 0. The van der Waals surface area contributed by atoms with Crippen LogP contribution < -0.4 is 10.2 Å². The van der Waals surface area contributed by atoms with Crippen LogP contribution in [0.2, 0.25) is 0 Å². The number of aryl methyl sites for hydroxylation is 1. The summed E-state index contributed by atoms with van der Waals surface area (Å²) in [6.07, 6.45) is 1.16. The predicted octanol–water partition coefficient (Wildman–Crippen LogP) is 2.47. The summed E-state index contributed by atoms with van der Waals surface area (Å²) in [5.74, 6) is -2.70. The topological polar surface area (TPSA) is 103 Å². The summed E-state index contributed by atoms with van der Waals surface area (Å²) < 4.78 is 0. The molecule has 1 N–H and O–H groups in total. The predicted molar refractivity (Wildman–Crippen MR) is 95.0 cm³/mol. The van der Waals surface area contributed by atoms with Gasteiger partial charge in [-0.05, 0) is 36.8 Å². The van der Waals surface area contributed by atoms with Gasteiger partial charge < -0.3 is 0 Å². The molecule has 0 bridgehead atoms. The Morgan fingerprint density at radius 3 is 2.65 bits per heavy atom. The van der Waals surface area contributed by atoms with Gasteiger partial charge in [0, 0.05) is 6.21 Å². The lowest BCUT2D eigenvalue weighted by Crippen LogP contribution is -2.58. The summed E-state index contributed by atoms with van der Waals surface area (Å²) in [5, 5.41) is 11.3. The van der Waals surface area contributed by atoms with Crippen molar-refractivity contribution in [1.82, 2.24) is 5.32 Å². The molecule has 0 saturated carbocycles. The van der Waals surface area contributed by atoms with Crippen LogP contribution in [0.1, 0.15) is 11.1 Å². The number of carbonyl (C=O) groups is 3. The lowest BCUT2D eigenvalue weighted by molar-refractivity contribution is -0.131. The number of rotatable bonds is 3. The van der Waals surface area contributed by atoms with Gasteiger partial charge in [0.15, 0.2) is 5.92 Å². The number of anilines is 1. The van der Waals surface area contributed by atoms with Crippen molar-refractivity contribution >= 4 is 35.4 Å². The molecule has 1 aliphatic heterocycles. The molecule has 1 heterocycles. The summed E-state index contributed by atoms with van der Waals surface area (Å²) in [7, 11) is 0. The van der Waals surface area contributed by atoms with Crippen molar-refractivity contribution in [3.63, 3.8) is 0 Å². The molecule has 0 aliphatic carbocycles. The van der Waals surface area contributed by atoms with Crippen molar-refractivity contribution in [2.75, 3.05) is 4.90 Å². The molecule has 0 radical (unpaired) electrons. The Kier molecular flexibility index (Phi) is 4.58. The molecule has 2 aromatic carbocycles. The average Bonchev–Trinajstić information content (AvgIpc) is 2.61. The van der Waals surface area contributed by atoms with Crippen LogP contribution in [0.3, 0.4) is 0 Å². The highest BCUT2D eigenvalue weighted by molar-refractivity contribution is 6.32. The van der Waals surface area contributed by atoms with E-state index in [1.54, 1.807) is 42.5 Å². The molecular formula is C19H14N4O3. The molecule has 0 aromatic heterocycles. The van der Waals surface area contributed by atoms with Crippen LogP contribution in [-0.2, 0) is 9.59 Å². The number of benzene rings is 2. The number of nitriles is 1. The Bertz CT molecular complexity index is 975. The number of imide groups is 2. The van der Waals surface area contributed by atoms with E-state index in [1.165, 1.54) is 0 Å². The summed E-state index contributed by atoms with van der Waals surface area (Å²) in [6, 6.07) is 14.6. The normalized spacial score (nSPS) is 17.3. The van der Waals surface area contributed by atoms with E-state index < -0.39 is 23.8 Å². The van der Waals surface area contributed by atoms with E-state index in [1.807, 2.05) is 19.1 Å². The minimum atomic E-state index is -1.26. The first-order chi connectivity index (χ1) is 12.5. The zero-order valence-corrected chi connectivity index (χ0v) is 13.8. The van der Waals surface area contributed by atoms with E-state index >= 15 is 0 Å². The van der Waals surface area contributed by atoms with E-state index in [0.717, 1.165) is 16.7 Å². The molecule has 26 heavy (non-hydrogen) atoms. The van der Waals surface area contributed by atoms with Gasteiger partial charge in [-0.15, -0.1) is 0 Å². The fourth-order valence-electron chi connectivity index (χ4n) is 2.57. The molecule has 7 heteroatoms. The smallest absolute Gasteiger partial charge is 0.276 e. The van der Waals surface area contributed by atoms with E-state index in [-0.39, 0.29) is 0 Å². The van der Waals surface area contributed by atoms with E-state index in [4.69, 9.17) is 5.26 Å². The number of hydrogen-bond acceptors (Lipinski definition) is 5. The molecule has 7 nitrogen and oxygen atoms in total. The number of amides is 4. The van der Waals surface area contributed by atoms with Gasteiger partial charge in [0.25, 0.3) is 5.91 Å². The molecular weight excluding hydrogens is 332 g/mol. The fraction of sp³-hybridized carbons (Fsp3) is 0.105. The van der Waals surface area contributed by atoms with Crippen LogP contribution in [0.25, 0.3) is 0 Å². The third-order valence-electron chi connectivity index (χ3n) is 3.85. The number of nitrogens with zero attached hydrogens (tertiary/aromatic N) is 3. The average molecular weight is 346 g/mol. The molecule has 2 aromatic rings. The Hall–Kier alpha value is -3.79. The van der Waals surface area contributed by atoms with Crippen molar-refractivity contribution in [3.05, 3.63) is 59.7 Å². The van der Waals surface area contributed by atoms with Gasteiger partial charge in [-0.1, -0.05) is 24.3 Å². The third-order valence-corrected chi connectivity index (χ3v) is 3.85. The van der Waals surface area contributed by atoms with E-state index in [9.17, 15) is 14.4 Å². The van der Waals surface area contributed by atoms with Gasteiger partial charge in [0.1, 0.15) is 6.07 Å². The monoisotopic (exact) mass is 346 g/mol. The fourth-order valence-corrected chi connectivity index (χ4v) is 2.57. The second kappa shape index (κ2) is 6.99. The van der Waals surface area contributed by atoms with Crippen LogP contribution in [0.4, 0.5) is 16.2 Å². The van der Waals surface area contributed by atoms with Crippen molar-refractivity contribution in [1.29, 1.82) is 5.26 Å². The van der Waals surface area contributed by atoms with Gasteiger partial charge in [0.2, 0.25) is 5.91 Å². The quantitative estimate of drug-likeness (QED) is 0.681. The van der Waals surface area contributed by atoms with Crippen LogP contribution in [-0.4, -0.2) is 24.1 Å². The summed E-state index contributed by atoms with van der Waals surface area (Å²) in [5.41, 5.74) is 1.90. The standard InChI is InChI=1S/C19H14N4O3/c1-12-5-4-7-14(9-12)23-18(25)15(17(24)22-19(23)26)11-21-16-8-3-2-6-13(16)10-20/h2-9,11,15H,1H3,(H,22,24,26)/t15-/m1/s1. The lowest BCUT2D eigenvalue weighted by Gasteiger charge is -2.28. The first-order valence-electron chi connectivity index (χ1n) is 7.80. The van der Waals surface area contributed by atoms with Crippen molar-refractivity contribution in [2.24, 2.45) is 10.9 Å². The maximum Gasteiger partial charge on any atom is 0.335 e. The number of carbonyl (C=O) groups excluding carboxylic acids is 3. The number of hydrogen-bond donors (Lipinski definition) is 1. The third kappa shape index (κ3) is 3.21. The summed E-state index contributed by atoms with van der Waals surface area (Å²) in [4.78, 5) is 42.0. The SMILES string of the molecule is Cc1cccc(N2C(=O)NC(=O)[C@@H](C=Nc3ccccc3C#N)C2=O)c1. The highest BCUT2D eigenvalue weighted by Gasteiger charge is 2.40. The second-order valence-electron chi connectivity index (χ2n) is 5.69. The van der Waals surface area contributed by atoms with Gasteiger partial charge in [-0.25, -0.2) is 9.69 Å². The zero-order chi connectivity index (χ0) is 18.7. The Morgan fingerprint density at radius 2 is 1.92 bits per heavy atom. The van der Waals surface area contributed by atoms with Gasteiger partial charge >= 0.3 is 6.03 Å². The minimum absolute atomic E-state index is 0.319. The van der Waals surface area contributed by atoms with Crippen molar-refractivity contribution < 1.29 is 14.4 Å². The van der Waals surface area contributed by atoms with Gasteiger partial charge in [-0.3, -0.25) is 19.9 Å². The maximum absolute atomic E-state index is 12.7. The molecule has 1 atom stereocenters. The highest BCUT2D eigenvalue weighted by atomic mass is 16.2. The minimum Gasteiger partial charge on any atom is -0.276 e. The number of para-hydroxylation sites is 1. The largest absolute Gasteiger partial charge is 0.335 e. The Labute approximate surface area is 149 Å². The van der Waals surface area contributed by atoms with Crippen LogP contribution in [0, 0.1) is 24.2 Å². The number of aliphatic imine (C=N–C) groups is 1. The zero-order valence-electron chi connectivity index (χ0n) is 13.8. The van der Waals surface area contributed by atoms with E-state index in [2.05, 4.69) is 10.3 Å². The molecule has 1 aliphatic rings. The molecule has 0 spiro atoms. The Morgan fingerprint density at radius 1 is 1.15 bits per heavy atom. The molecule has 0 unspecified atom stereocenters. The van der Waals surface area contributed by atoms with Crippen LogP contribution in [0.5, 0.6) is 0 Å². The Balaban J connectivity index is 1.93. The lowest BCUT2D eigenvalue weighted by atomic mass is 10.1. The first-order valence-corrected chi connectivity index (χ1v) is 7.80. The number of barbiturate groups is 1. The van der Waals surface area contributed by atoms with Gasteiger partial charge in [-0.2, -0.15) is 5.26 Å². The maximum atomic E-state index is 12.7. The first kappa shape index (κ1) is 17.0. The van der Waals surface area contributed by atoms with Crippen LogP contribution >= 0.6 is 0 Å².